The first-order chi connectivity index (χ1) is 6.19. The lowest BCUT2D eigenvalue weighted by Crippen LogP contribution is -2.46. The molecule has 78 valence electrons. The molecule has 1 unspecified atom stereocenters. The standard InChI is InChI=1S/C10H21NO2/c1-9(3-8-13-2)10(12)4-6-11-7-5-10/h9,11-12H,3-8H2,1-2H3. The third-order valence-electron chi connectivity index (χ3n) is 3.14. The van der Waals surface area contributed by atoms with Crippen molar-refractivity contribution in [3.05, 3.63) is 0 Å². The Balaban J connectivity index is 2.37. The molecule has 1 fully saturated rings. The van der Waals surface area contributed by atoms with Crippen molar-refractivity contribution in [1.82, 2.24) is 5.32 Å². The van der Waals surface area contributed by atoms with Crippen molar-refractivity contribution in [1.29, 1.82) is 0 Å². The minimum atomic E-state index is -0.455. The molecule has 2 N–H and O–H groups in total. The van der Waals surface area contributed by atoms with Crippen molar-refractivity contribution in [3.63, 3.8) is 0 Å². The third-order valence-corrected chi connectivity index (χ3v) is 3.14. The minimum absolute atomic E-state index is 0.342. The summed E-state index contributed by atoms with van der Waals surface area (Å²) in [5, 5.41) is 13.5. The van der Waals surface area contributed by atoms with Gasteiger partial charge in [-0.25, -0.2) is 0 Å². The Labute approximate surface area is 80.5 Å². The second-order valence-corrected chi connectivity index (χ2v) is 4.04. The number of hydrogen-bond acceptors (Lipinski definition) is 3. The van der Waals surface area contributed by atoms with E-state index in [-0.39, 0.29) is 0 Å². The summed E-state index contributed by atoms with van der Waals surface area (Å²) in [6, 6.07) is 0. The second kappa shape index (κ2) is 4.94. The molecule has 3 nitrogen and oxygen atoms in total. The molecule has 1 saturated heterocycles. The van der Waals surface area contributed by atoms with Crippen molar-refractivity contribution in [3.8, 4) is 0 Å². The zero-order chi connectivity index (χ0) is 9.73. The fourth-order valence-corrected chi connectivity index (χ4v) is 1.92. The van der Waals surface area contributed by atoms with Crippen LogP contribution in [0.15, 0.2) is 0 Å². The summed E-state index contributed by atoms with van der Waals surface area (Å²) in [7, 11) is 1.71. The highest BCUT2D eigenvalue weighted by Gasteiger charge is 2.34. The van der Waals surface area contributed by atoms with Crippen LogP contribution in [-0.2, 0) is 4.74 Å². The van der Waals surface area contributed by atoms with Gasteiger partial charge in [0.05, 0.1) is 5.60 Å². The molecule has 0 aromatic rings. The number of piperidine rings is 1. The van der Waals surface area contributed by atoms with Crippen LogP contribution >= 0.6 is 0 Å². The number of ether oxygens (including phenoxy) is 1. The van der Waals surface area contributed by atoms with Crippen LogP contribution < -0.4 is 5.32 Å². The van der Waals surface area contributed by atoms with Crippen LogP contribution in [0.1, 0.15) is 26.2 Å². The fourth-order valence-electron chi connectivity index (χ4n) is 1.92. The average Bonchev–Trinajstić information content (AvgIpc) is 2.15. The predicted octanol–water partition coefficient (Wildman–Crippen LogP) is 0.773. The maximum atomic E-state index is 10.3. The van der Waals surface area contributed by atoms with Gasteiger partial charge in [0.25, 0.3) is 0 Å². The zero-order valence-corrected chi connectivity index (χ0v) is 8.68. The number of nitrogens with one attached hydrogen (secondary N) is 1. The summed E-state index contributed by atoms with van der Waals surface area (Å²) in [6.45, 7) is 4.74. The van der Waals surface area contributed by atoms with E-state index in [1.807, 2.05) is 0 Å². The molecule has 1 atom stereocenters. The molecule has 0 saturated carbocycles. The first-order valence-electron chi connectivity index (χ1n) is 5.11. The highest BCUT2D eigenvalue weighted by Crippen LogP contribution is 2.29. The molecule has 13 heavy (non-hydrogen) atoms. The molecule has 1 aliphatic heterocycles. The Morgan fingerprint density at radius 1 is 1.46 bits per heavy atom. The molecule has 1 heterocycles. The molecule has 0 bridgehead atoms. The number of rotatable bonds is 4. The van der Waals surface area contributed by atoms with Crippen LogP contribution in [-0.4, -0.2) is 37.5 Å². The normalized spacial score (nSPS) is 24.2. The van der Waals surface area contributed by atoms with Gasteiger partial charge in [0.2, 0.25) is 0 Å². The van der Waals surface area contributed by atoms with Gasteiger partial charge in [0.1, 0.15) is 0 Å². The van der Waals surface area contributed by atoms with Crippen molar-refractivity contribution < 1.29 is 9.84 Å². The summed E-state index contributed by atoms with van der Waals surface area (Å²) >= 11 is 0. The summed E-state index contributed by atoms with van der Waals surface area (Å²) in [5.41, 5.74) is -0.455. The van der Waals surface area contributed by atoms with E-state index in [1.165, 1.54) is 0 Å². The Bertz CT molecular complexity index is 144. The fraction of sp³-hybridized carbons (Fsp3) is 1.00. The van der Waals surface area contributed by atoms with Crippen molar-refractivity contribution in [2.45, 2.75) is 31.8 Å². The highest BCUT2D eigenvalue weighted by atomic mass is 16.5. The van der Waals surface area contributed by atoms with Crippen LogP contribution in [0.25, 0.3) is 0 Å². The van der Waals surface area contributed by atoms with E-state index in [0.717, 1.165) is 39.0 Å². The maximum absolute atomic E-state index is 10.3. The zero-order valence-electron chi connectivity index (χ0n) is 8.68. The Kier molecular flexibility index (Phi) is 4.16. The van der Waals surface area contributed by atoms with Gasteiger partial charge < -0.3 is 15.2 Å². The van der Waals surface area contributed by atoms with Crippen LogP contribution in [0, 0.1) is 5.92 Å². The van der Waals surface area contributed by atoms with E-state index in [9.17, 15) is 5.11 Å². The van der Waals surface area contributed by atoms with Crippen LogP contribution in [0.5, 0.6) is 0 Å². The lowest BCUT2D eigenvalue weighted by molar-refractivity contribution is -0.0459. The molecule has 0 radical (unpaired) electrons. The van der Waals surface area contributed by atoms with Gasteiger partial charge in [-0.1, -0.05) is 6.92 Å². The van der Waals surface area contributed by atoms with Crippen molar-refractivity contribution >= 4 is 0 Å². The van der Waals surface area contributed by atoms with Crippen LogP contribution in [0.3, 0.4) is 0 Å². The summed E-state index contributed by atoms with van der Waals surface area (Å²) in [4.78, 5) is 0. The lowest BCUT2D eigenvalue weighted by atomic mass is 9.79. The largest absolute Gasteiger partial charge is 0.390 e. The molecular formula is C10H21NO2. The van der Waals surface area contributed by atoms with E-state index < -0.39 is 5.60 Å². The molecule has 0 amide bonds. The van der Waals surface area contributed by atoms with Gasteiger partial charge in [-0.3, -0.25) is 0 Å². The second-order valence-electron chi connectivity index (χ2n) is 4.04. The van der Waals surface area contributed by atoms with Gasteiger partial charge in [-0.15, -0.1) is 0 Å². The molecular weight excluding hydrogens is 166 g/mol. The van der Waals surface area contributed by atoms with E-state index in [4.69, 9.17) is 4.74 Å². The van der Waals surface area contributed by atoms with E-state index >= 15 is 0 Å². The smallest absolute Gasteiger partial charge is 0.0698 e. The molecule has 3 heteroatoms. The first kappa shape index (κ1) is 11.0. The van der Waals surface area contributed by atoms with Gasteiger partial charge in [0, 0.05) is 13.7 Å². The van der Waals surface area contributed by atoms with Gasteiger partial charge in [-0.2, -0.15) is 0 Å². The number of aliphatic hydroxyl groups is 1. The maximum Gasteiger partial charge on any atom is 0.0698 e. The van der Waals surface area contributed by atoms with Crippen LogP contribution in [0.4, 0.5) is 0 Å². The topological polar surface area (TPSA) is 41.5 Å². The predicted molar refractivity (Wildman–Crippen MR) is 52.7 cm³/mol. The molecule has 1 aliphatic rings. The van der Waals surface area contributed by atoms with Crippen LogP contribution in [0.2, 0.25) is 0 Å². The monoisotopic (exact) mass is 187 g/mol. The van der Waals surface area contributed by atoms with Crippen molar-refractivity contribution in [2.24, 2.45) is 5.92 Å². The Morgan fingerprint density at radius 3 is 2.62 bits per heavy atom. The summed E-state index contributed by atoms with van der Waals surface area (Å²) in [5.74, 6) is 0.342. The van der Waals surface area contributed by atoms with Gasteiger partial charge in [0.15, 0.2) is 0 Å². The quantitative estimate of drug-likeness (QED) is 0.683. The van der Waals surface area contributed by atoms with E-state index in [1.54, 1.807) is 7.11 Å². The number of hydrogen-bond donors (Lipinski definition) is 2. The highest BCUT2D eigenvalue weighted by molar-refractivity contribution is 4.88. The molecule has 0 aromatic heterocycles. The molecule has 0 spiro atoms. The van der Waals surface area contributed by atoms with E-state index in [2.05, 4.69) is 12.2 Å². The Hall–Kier alpha value is -0.120. The molecule has 0 aromatic carbocycles. The minimum Gasteiger partial charge on any atom is -0.390 e. The third kappa shape index (κ3) is 2.93. The molecule has 1 rings (SSSR count). The summed E-state index contributed by atoms with van der Waals surface area (Å²) < 4.78 is 5.02. The molecule has 0 aliphatic carbocycles. The van der Waals surface area contributed by atoms with Gasteiger partial charge in [-0.05, 0) is 38.3 Å². The van der Waals surface area contributed by atoms with Crippen molar-refractivity contribution in [2.75, 3.05) is 26.8 Å². The average molecular weight is 187 g/mol. The first-order valence-corrected chi connectivity index (χ1v) is 5.11. The summed E-state index contributed by atoms with van der Waals surface area (Å²) in [6.07, 6.45) is 2.70. The van der Waals surface area contributed by atoms with Gasteiger partial charge >= 0.3 is 0 Å². The SMILES string of the molecule is COCCC(C)C1(O)CCNCC1. The Morgan fingerprint density at radius 2 is 2.08 bits per heavy atom. The van der Waals surface area contributed by atoms with E-state index in [0.29, 0.717) is 5.92 Å². The lowest BCUT2D eigenvalue weighted by Gasteiger charge is -2.37. The number of methoxy groups -OCH3 is 1.